The van der Waals surface area contributed by atoms with Crippen molar-refractivity contribution in [3.05, 3.63) is 23.8 Å². The molecule has 1 aromatic carbocycles. The lowest BCUT2D eigenvalue weighted by atomic mass is 10.1. The first-order valence-corrected chi connectivity index (χ1v) is 4.54. The molecule has 0 unspecified atom stereocenters. The predicted molar refractivity (Wildman–Crippen MR) is 55.3 cm³/mol. The highest BCUT2D eigenvalue weighted by Gasteiger charge is 2.09. The van der Waals surface area contributed by atoms with Crippen molar-refractivity contribution in [3.8, 4) is 11.5 Å². The lowest BCUT2D eigenvalue weighted by molar-refractivity contribution is -0.121. The maximum absolute atomic E-state index is 11.1. The molecule has 0 aromatic heterocycles. The van der Waals surface area contributed by atoms with Gasteiger partial charge in [0.15, 0.2) is 5.78 Å². The molecule has 0 saturated heterocycles. The van der Waals surface area contributed by atoms with E-state index in [2.05, 4.69) is 0 Å². The van der Waals surface area contributed by atoms with Crippen molar-refractivity contribution < 1.29 is 19.4 Å². The average molecular weight is 210 g/mol. The molecule has 4 nitrogen and oxygen atoms in total. The number of carbonyl (C=O) groups is 1. The first-order chi connectivity index (χ1) is 7.21. The van der Waals surface area contributed by atoms with E-state index in [4.69, 9.17) is 14.6 Å². The van der Waals surface area contributed by atoms with Gasteiger partial charge in [0.05, 0.1) is 14.2 Å². The lowest BCUT2D eigenvalue weighted by Gasteiger charge is -2.09. The lowest BCUT2D eigenvalue weighted by Crippen LogP contribution is -2.08. The molecule has 0 bridgehead atoms. The summed E-state index contributed by atoms with van der Waals surface area (Å²) in [4.78, 5) is 11.1. The zero-order chi connectivity index (χ0) is 11.3. The Hall–Kier alpha value is -1.55. The highest BCUT2D eigenvalue weighted by Crippen LogP contribution is 2.24. The number of aliphatic hydroxyl groups excluding tert-OH is 1. The Kier molecular flexibility index (Phi) is 4.12. The highest BCUT2D eigenvalue weighted by molar-refractivity contribution is 5.82. The number of hydrogen-bond acceptors (Lipinski definition) is 4. The van der Waals surface area contributed by atoms with Gasteiger partial charge in [-0.25, -0.2) is 0 Å². The number of ether oxygens (including phenoxy) is 2. The van der Waals surface area contributed by atoms with E-state index >= 15 is 0 Å². The third-order valence-corrected chi connectivity index (χ3v) is 2.05. The number of benzene rings is 1. The van der Waals surface area contributed by atoms with E-state index in [1.54, 1.807) is 25.3 Å². The molecule has 0 amide bonds. The largest absolute Gasteiger partial charge is 0.497 e. The van der Waals surface area contributed by atoms with Crippen LogP contribution < -0.4 is 9.47 Å². The molecular weight excluding hydrogens is 196 g/mol. The third kappa shape index (κ3) is 2.95. The molecule has 0 aliphatic rings. The number of carbonyl (C=O) groups excluding carboxylic acids is 1. The van der Waals surface area contributed by atoms with Crippen LogP contribution in [0.5, 0.6) is 11.5 Å². The van der Waals surface area contributed by atoms with Gasteiger partial charge in [-0.05, 0) is 18.2 Å². The van der Waals surface area contributed by atoms with Crippen LogP contribution in [0.15, 0.2) is 18.2 Å². The van der Waals surface area contributed by atoms with Crippen LogP contribution in [0.4, 0.5) is 0 Å². The first-order valence-electron chi connectivity index (χ1n) is 4.54. The smallest absolute Gasteiger partial charge is 0.162 e. The van der Waals surface area contributed by atoms with Gasteiger partial charge in [0, 0.05) is 12.0 Å². The summed E-state index contributed by atoms with van der Waals surface area (Å²) in [5.41, 5.74) is 0.718. The van der Waals surface area contributed by atoms with E-state index in [1.165, 1.54) is 7.11 Å². The second-order valence-corrected chi connectivity index (χ2v) is 3.05. The van der Waals surface area contributed by atoms with Crippen molar-refractivity contribution in [2.45, 2.75) is 6.42 Å². The molecule has 0 atom stereocenters. The highest BCUT2D eigenvalue weighted by atomic mass is 16.5. The summed E-state index contributed by atoms with van der Waals surface area (Å²) in [7, 11) is 3.09. The SMILES string of the molecule is COc1ccc(OC)c(CC(=O)CO)c1. The van der Waals surface area contributed by atoms with Gasteiger partial charge in [-0.1, -0.05) is 0 Å². The topological polar surface area (TPSA) is 55.8 Å². The van der Waals surface area contributed by atoms with Crippen LogP contribution in [0.3, 0.4) is 0 Å². The molecule has 4 heteroatoms. The number of methoxy groups -OCH3 is 2. The minimum atomic E-state index is -0.458. The molecule has 0 radical (unpaired) electrons. The van der Waals surface area contributed by atoms with E-state index in [9.17, 15) is 4.79 Å². The summed E-state index contributed by atoms with van der Waals surface area (Å²) in [6.45, 7) is -0.458. The Morgan fingerprint density at radius 2 is 2.07 bits per heavy atom. The number of rotatable bonds is 5. The van der Waals surface area contributed by atoms with Crippen molar-refractivity contribution in [3.63, 3.8) is 0 Å². The van der Waals surface area contributed by atoms with Crippen LogP contribution in [0, 0.1) is 0 Å². The molecule has 82 valence electrons. The summed E-state index contributed by atoms with van der Waals surface area (Å²) < 4.78 is 10.1. The number of Topliss-reactive ketones (excluding diaryl/α,β-unsaturated/α-hetero) is 1. The van der Waals surface area contributed by atoms with Gasteiger partial charge in [0.25, 0.3) is 0 Å². The zero-order valence-electron chi connectivity index (χ0n) is 8.82. The van der Waals surface area contributed by atoms with Crippen molar-refractivity contribution in [2.75, 3.05) is 20.8 Å². The van der Waals surface area contributed by atoms with Crippen LogP contribution in [-0.4, -0.2) is 31.7 Å². The van der Waals surface area contributed by atoms with E-state index in [-0.39, 0.29) is 12.2 Å². The molecule has 1 N–H and O–H groups in total. The van der Waals surface area contributed by atoms with Crippen LogP contribution in [0.2, 0.25) is 0 Å². The average Bonchev–Trinajstić information content (AvgIpc) is 2.28. The summed E-state index contributed by atoms with van der Waals surface area (Å²) in [5, 5.41) is 8.66. The van der Waals surface area contributed by atoms with Gasteiger partial charge in [0.1, 0.15) is 18.1 Å². The van der Waals surface area contributed by atoms with Crippen LogP contribution in [-0.2, 0) is 11.2 Å². The minimum Gasteiger partial charge on any atom is -0.497 e. The Labute approximate surface area is 88.4 Å². The second-order valence-electron chi connectivity index (χ2n) is 3.05. The fourth-order valence-electron chi connectivity index (χ4n) is 1.29. The van der Waals surface area contributed by atoms with Gasteiger partial charge in [-0.2, -0.15) is 0 Å². The summed E-state index contributed by atoms with van der Waals surface area (Å²) >= 11 is 0. The van der Waals surface area contributed by atoms with Crippen molar-refractivity contribution >= 4 is 5.78 Å². The standard InChI is InChI=1S/C11H14O4/c1-14-10-3-4-11(15-2)8(6-10)5-9(13)7-12/h3-4,6,12H,5,7H2,1-2H3. The molecule has 1 aromatic rings. The van der Waals surface area contributed by atoms with E-state index < -0.39 is 6.61 Å². The molecule has 0 fully saturated rings. The van der Waals surface area contributed by atoms with Gasteiger partial charge >= 0.3 is 0 Å². The van der Waals surface area contributed by atoms with Gasteiger partial charge in [-0.15, -0.1) is 0 Å². The summed E-state index contributed by atoms with van der Waals surface area (Å²) in [5.74, 6) is 1.04. The monoisotopic (exact) mass is 210 g/mol. The van der Waals surface area contributed by atoms with Crippen molar-refractivity contribution in [1.29, 1.82) is 0 Å². The van der Waals surface area contributed by atoms with Crippen molar-refractivity contribution in [1.82, 2.24) is 0 Å². The quantitative estimate of drug-likeness (QED) is 0.781. The minimum absolute atomic E-state index is 0.150. The molecule has 15 heavy (non-hydrogen) atoms. The van der Waals surface area contributed by atoms with E-state index in [1.807, 2.05) is 0 Å². The first kappa shape index (κ1) is 11.5. The molecule has 0 aliphatic heterocycles. The van der Waals surface area contributed by atoms with E-state index in [0.717, 1.165) is 5.56 Å². The van der Waals surface area contributed by atoms with Gasteiger partial charge < -0.3 is 14.6 Å². The third-order valence-electron chi connectivity index (χ3n) is 2.05. The maximum Gasteiger partial charge on any atom is 0.162 e. The second kappa shape index (κ2) is 5.36. The fraction of sp³-hybridized carbons (Fsp3) is 0.364. The normalized spacial score (nSPS) is 9.80. The molecule has 0 heterocycles. The molecular formula is C11H14O4. The van der Waals surface area contributed by atoms with Gasteiger partial charge in [-0.3, -0.25) is 4.79 Å². The predicted octanol–water partition coefficient (Wildman–Crippen LogP) is 0.808. The molecule has 0 aliphatic carbocycles. The Morgan fingerprint density at radius 3 is 2.60 bits per heavy atom. The Balaban J connectivity index is 2.95. The van der Waals surface area contributed by atoms with Crippen LogP contribution in [0.25, 0.3) is 0 Å². The molecule has 0 spiro atoms. The Bertz CT molecular complexity index is 346. The van der Waals surface area contributed by atoms with Crippen molar-refractivity contribution in [2.24, 2.45) is 0 Å². The van der Waals surface area contributed by atoms with Crippen LogP contribution in [0.1, 0.15) is 5.56 Å². The zero-order valence-corrected chi connectivity index (χ0v) is 8.82. The Morgan fingerprint density at radius 1 is 1.33 bits per heavy atom. The summed E-state index contributed by atoms with van der Waals surface area (Å²) in [6, 6.07) is 5.22. The number of hydrogen-bond donors (Lipinski definition) is 1. The fourth-order valence-corrected chi connectivity index (χ4v) is 1.29. The number of ketones is 1. The van der Waals surface area contributed by atoms with Gasteiger partial charge in [0.2, 0.25) is 0 Å². The maximum atomic E-state index is 11.1. The summed E-state index contributed by atoms with van der Waals surface area (Å²) in [6.07, 6.45) is 0.150. The van der Waals surface area contributed by atoms with Crippen LogP contribution >= 0.6 is 0 Å². The van der Waals surface area contributed by atoms with E-state index in [0.29, 0.717) is 11.5 Å². The molecule has 0 saturated carbocycles. The number of aliphatic hydroxyl groups is 1. The molecule has 1 rings (SSSR count).